The van der Waals surface area contributed by atoms with Crippen LogP contribution in [0, 0.1) is 0 Å². The van der Waals surface area contributed by atoms with Crippen molar-refractivity contribution in [3.05, 3.63) is 28.2 Å². The van der Waals surface area contributed by atoms with Crippen LogP contribution in [0.1, 0.15) is 49.4 Å². The molecule has 0 atom stereocenters. The van der Waals surface area contributed by atoms with E-state index in [1.165, 1.54) is 19.3 Å². The Morgan fingerprint density at radius 1 is 1.28 bits per heavy atom. The molecule has 0 radical (unpaired) electrons. The van der Waals surface area contributed by atoms with Crippen molar-refractivity contribution in [3.8, 4) is 0 Å². The highest BCUT2D eigenvalue weighted by Gasteiger charge is 2.28. The molecule has 1 aromatic carbocycles. The van der Waals surface area contributed by atoms with Gasteiger partial charge in [0.05, 0.1) is 0 Å². The number of halogens is 1. The van der Waals surface area contributed by atoms with Gasteiger partial charge < -0.3 is 11.1 Å². The van der Waals surface area contributed by atoms with Gasteiger partial charge in [0.15, 0.2) is 0 Å². The van der Waals surface area contributed by atoms with E-state index >= 15 is 0 Å². The van der Waals surface area contributed by atoms with E-state index in [1.54, 1.807) is 18.2 Å². The summed E-state index contributed by atoms with van der Waals surface area (Å²) >= 11 is 3.36. The fraction of sp³-hybridized carbons (Fsp3) is 0.500. The van der Waals surface area contributed by atoms with Crippen LogP contribution in [0.15, 0.2) is 22.7 Å². The van der Waals surface area contributed by atoms with Crippen LogP contribution >= 0.6 is 15.9 Å². The molecular weight excluding hydrogens is 292 g/mol. The standard InChI is InChI=1S/C14H19BrN2O/c1-14(5-3-2-4-6-14)17-13(18)10-7-11(15)9-12(16)8-10/h7-9H,2-6,16H2,1H3,(H,17,18). The zero-order chi connectivity index (χ0) is 13.2. The predicted octanol–water partition coefficient (Wildman–Crippen LogP) is 3.48. The van der Waals surface area contributed by atoms with E-state index < -0.39 is 0 Å². The lowest BCUT2D eigenvalue weighted by Crippen LogP contribution is -2.47. The molecule has 0 saturated heterocycles. The summed E-state index contributed by atoms with van der Waals surface area (Å²) in [6, 6.07) is 5.31. The summed E-state index contributed by atoms with van der Waals surface area (Å²) in [5, 5.41) is 3.15. The van der Waals surface area contributed by atoms with E-state index in [9.17, 15) is 4.79 Å². The molecule has 1 aromatic rings. The van der Waals surface area contributed by atoms with Crippen molar-refractivity contribution < 1.29 is 4.79 Å². The van der Waals surface area contributed by atoms with Gasteiger partial charge >= 0.3 is 0 Å². The van der Waals surface area contributed by atoms with Crippen molar-refractivity contribution >= 4 is 27.5 Å². The topological polar surface area (TPSA) is 55.1 Å². The summed E-state index contributed by atoms with van der Waals surface area (Å²) in [4.78, 5) is 12.2. The molecule has 18 heavy (non-hydrogen) atoms. The highest BCUT2D eigenvalue weighted by Crippen LogP contribution is 2.28. The summed E-state index contributed by atoms with van der Waals surface area (Å²) in [6.45, 7) is 2.13. The number of hydrogen-bond donors (Lipinski definition) is 2. The summed E-state index contributed by atoms with van der Waals surface area (Å²) in [6.07, 6.45) is 5.77. The van der Waals surface area contributed by atoms with Gasteiger partial charge in [0.25, 0.3) is 5.91 Å². The SMILES string of the molecule is CC1(NC(=O)c2cc(N)cc(Br)c2)CCCCC1. The van der Waals surface area contributed by atoms with Crippen molar-refractivity contribution in [3.63, 3.8) is 0 Å². The minimum Gasteiger partial charge on any atom is -0.399 e. The van der Waals surface area contributed by atoms with Gasteiger partial charge in [-0.1, -0.05) is 35.2 Å². The number of nitrogens with one attached hydrogen (secondary N) is 1. The molecule has 1 aliphatic rings. The van der Waals surface area contributed by atoms with Crippen LogP contribution in [0.4, 0.5) is 5.69 Å². The molecule has 1 fully saturated rings. The van der Waals surface area contributed by atoms with Crippen LogP contribution in [-0.2, 0) is 0 Å². The Balaban J connectivity index is 2.11. The number of nitrogens with two attached hydrogens (primary N) is 1. The average Bonchev–Trinajstić information content (AvgIpc) is 2.28. The molecule has 0 aromatic heterocycles. The molecule has 2 rings (SSSR count). The maximum Gasteiger partial charge on any atom is 0.251 e. The van der Waals surface area contributed by atoms with Crippen molar-refractivity contribution in [2.24, 2.45) is 0 Å². The van der Waals surface area contributed by atoms with E-state index in [0.29, 0.717) is 11.3 Å². The second kappa shape index (κ2) is 5.31. The number of hydrogen-bond acceptors (Lipinski definition) is 2. The van der Waals surface area contributed by atoms with Crippen LogP contribution in [0.25, 0.3) is 0 Å². The largest absolute Gasteiger partial charge is 0.399 e. The van der Waals surface area contributed by atoms with Gasteiger partial charge in [-0.2, -0.15) is 0 Å². The quantitative estimate of drug-likeness (QED) is 0.822. The first-order valence-corrected chi connectivity index (χ1v) is 7.16. The number of nitrogen functional groups attached to an aromatic ring is 1. The van der Waals surface area contributed by atoms with Crippen LogP contribution in [0.5, 0.6) is 0 Å². The van der Waals surface area contributed by atoms with E-state index in [4.69, 9.17) is 5.73 Å². The third kappa shape index (κ3) is 3.25. The first-order chi connectivity index (χ1) is 8.48. The first-order valence-electron chi connectivity index (χ1n) is 6.37. The van der Waals surface area contributed by atoms with Crippen molar-refractivity contribution in [2.75, 3.05) is 5.73 Å². The minimum atomic E-state index is -0.0631. The van der Waals surface area contributed by atoms with Crippen molar-refractivity contribution in [1.29, 1.82) is 0 Å². The molecule has 4 heteroatoms. The number of carbonyl (C=O) groups excluding carboxylic acids is 1. The predicted molar refractivity (Wildman–Crippen MR) is 77.5 cm³/mol. The first kappa shape index (κ1) is 13.4. The Morgan fingerprint density at radius 3 is 2.56 bits per heavy atom. The zero-order valence-electron chi connectivity index (χ0n) is 10.6. The molecule has 0 bridgehead atoms. The van der Waals surface area contributed by atoms with Gasteiger partial charge in [0.1, 0.15) is 0 Å². The number of rotatable bonds is 2. The van der Waals surface area contributed by atoms with Crippen LogP contribution < -0.4 is 11.1 Å². The van der Waals surface area contributed by atoms with E-state index in [0.717, 1.165) is 17.3 Å². The van der Waals surface area contributed by atoms with Crippen molar-refractivity contribution in [2.45, 2.75) is 44.6 Å². The number of carbonyl (C=O) groups is 1. The molecule has 0 spiro atoms. The smallest absolute Gasteiger partial charge is 0.251 e. The van der Waals surface area contributed by atoms with Gasteiger partial charge in [-0.3, -0.25) is 4.79 Å². The Labute approximate surface area is 116 Å². The molecule has 0 aliphatic heterocycles. The summed E-state index contributed by atoms with van der Waals surface area (Å²) in [7, 11) is 0. The number of anilines is 1. The van der Waals surface area contributed by atoms with Gasteiger partial charge in [-0.05, 0) is 38.0 Å². The molecule has 1 amide bonds. The van der Waals surface area contributed by atoms with Crippen LogP contribution in [-0.4, -0.2) is 11.4 Å². The molecule has 1 saturated carbocycles. The minimum absolute atomic E-state index is 0.0348. The molecule has 3 nitrogen and oxygen atoms in total. The highest BCUT2D eigenvalue weighted by molar-refractivity contribution is 9.10. The maximum absolute atomic E-state index is 12.2. The molecule has 0 heterocycles. The lowest BCUT2D eigenvalue weighted by Gasteiger charge is -2.34. The van der Waals surface area contributed by atoms with E-state index in [2.05, 4.69) is 28.2 Å². The molecule has 98 valence electrons. The lowest BCUT2D eigenvalue weighted by molar-refractivity contribution is 0.0882. The molecular formula is C14H19BrN2O. The fourth-order valence-electron chi connectivity index (χ4n) is 2.55. The Morgan fingerprint density at radius 2 is 1.94 bits per heavy atom. The van der Waals surface area contributed by atoms with E-state index in [1.807, 2.05) is 0 Å². The van der Waals surface area contributed by atoms with Crippen LogP contribution in [0.3, 0.4) is 0 Å². The average molecular weight is 311 g/mol. The summed E-state index contributed by atoms with van der Waals surface area (Å²) < 4.78 is 0.835. The third-order valence-corrected chi connectivity index (χ3v) is 4.01. The Bertz CT molecular complexity index is 433. The van der Waals surface area contributed by atoms with Gasteiger partial charge in [-0.15, -0.1) is 0 Å². The van der Waals surface area contributed by atoms with Gasteiger partial charge in [-0.25, -0.2) is 0 Å². The van der Waals surface area contributed by atoms with E-state index in [-0.39, 0.29) is 11.4 Å². The Kier molecular flexibility index (Phi) is 3.95. The third-order valence-electron chi connectivity index (χ3n) is 3.55. The molecule has 3 N–H and O–H groups in total. The Hall–Kier alpha value is -1.03. The zero-order valence-corrected chi connectivity index (χ0v) is 12.2. The van der Waals surface area contributed by atoms with Crippen molar-refractivity contribution in [1.82, 2.24) is 5.32 Å². The normalized spacial score (nSPS) is 18.3. The second-order valence-electron chi connectivity index (χ2n) is 5.35. The van der Waals surface area contributed by atoms with Gasteiger partial charge in [0, 0.05) is 21.3 Å². The number of benzene rings is 1. The molecule has 0 unspecified atom stereocenters. The summed E-state index contributed by atoms with van der Waals surface area (Å²) in [5.74, 6) is -0.0348. The maximum atomic E-state index is 12.2. The fourth-order valence-corrected chi connectivity index (χ4v) is 3.06. The second-order valence-corrected chi connectivity index (χ2v) is 6.26. The van der Waals surface area contributed by atoms with Crippen LogP contribution in [0.2, 0.25) is 0 Å². The molecule has 1 aliphatic carbocycles. The number of amides is 1. The van der Waals surface area contributed by atoms with Gasteiger partial charge in [0.2, 0.25) is 0 Å². The highest BCUT2D eigenvalue weighted by atomic mass is 79.9. The monoisotopic (exact) mass is 310 g/mol. The lowest BCUT2D eigenvalue weighted by atomic mass is 9.83. The summed E-state index contributed by atoms with van der Waals surface area (Å²) in [5.41, 5.74) is 6.91.